The van der Waals surface area contributed by atoms with Crippen LogP contribution in [-0.4, -0.2) is 37.1 Å². The molecular formula is C18H23N3O2. The number of aryl methyl sites for hydroxylation is 1. The van der Waals surface area contributed by atoms with Gasteiger partial charge in [-0.15, -0.1) is 0 Å². The first-order chi connectivity index (χ1) is 11.1. The number of fused-ring (bicyclic) bond motifs is 1. The highest BCUT2D eigenvalue weighted by Crippen LogP contribution is 2.34. The Labute approximate surface area is 136 Å². The Morgan fingerprint density at radius 3 is 2.74 bits per heavy atom. The zero-order valence-electron chi connectivity index (χ0n) is 13.9. The second kappa shape index (κ2) is 6.44. The lowest BCUT2D eigenvalue weighted by Gasteiger charge is -2.35. The van der Waals surface area contributed by atoms with E-state index in [1.54, 1.807) is 14.0 Å². The van der Waals surface area contributed by atoms with Crippen molar-refractivity contribution in [3.05, 3.63) is 30.0 Å². The summed E-state index contributed by atoms with van der Waals surface area (Å²) in [6, 6.07) is 6.34. The van der Waals surface area contributed by atoms with E-state index < -0.39 is 0 Å². The highest BCUT2D eigenvalue weighted by Gasteiger charge is 2.23. The molecule has 3 rings (SSSR count). The minimum absolute atomic E-state index is 0.0544. The average Bonchev–Trinajstić information content (AvgIpc) is 2.54. The number of benzene rings is 1. The standard InChI is InChI=1S/C18H23N3O2/c1-12-11-19-17-15(5-4-6-16(17)23-3)18(12)21-9-7-14(8-10-21)20-13(2)22/h4-6,11,14H,7-10H2,1-3H3,(H,20,22). The van der Waals surface area contributed by atoms with Gasteiger partial charge in [0.25, 0.3) is 0 Å². The van der Waals surface area contributed by atoms with Crippen LogP contribution >= 0.6 is 0 Å². The summed E-state index contributed by atoms with van der Waals surface area (Å²) in [5.74, 6) is 0.857. The summed E-state index contributed by atoms with van der Waals surface area (Å²) in [7, 11) is 1.68. The van der Waals surface area contributed by atoms with Crippen LogP contribution in [0, 0.1) is 6.92 Å². The van der Waals surface area contributed by atoms with Gasteiger partial charge in [-0.05, 0) is 31.4 Å². The third-order valence-corrected chi connectivity index (χ3v) is 4.45. The molecule has 0 saturated carbocycles. The first kappa shape index (κ1) is 15.6. The van der Waals surface area contributed by atoms with Crippen LogP contribution in [0.3, 0.4) is 0 Å². The molecule has 5 nitrogen and oxygen atoms in total. The van der Waals surface area contributed by atoms with Gasteiger partial charge >= 0.3 is 0 Å². The van der Waals surface area contributed by atoms with Crippen molar-refractivity contribution in [3.63, 3.8) is 0 Å². The molecule has 1 N–H and O–H groups in total. The normalized spacial score (nSPS) is 15.7. The summed E-state index contributed by atoms with van der Waals surface area (Å²) >= 11 is 0. The lowest BCUT2D eigenvalue weighted by molar-refractivity contribution is -0.119. The molecule has 1 fully saturated rings. The van der Waals surface area contributed by atoms with Crippen molar-refractivity contribution in [1.29, 1.82) is 0 Å². The minimum Gasteiger partial charge on any atom is -0.494 e. The second-order valence-electron chi connectivity index (χ2n) is 6.11. The van der Waals surface area contributed by atoms with Crippen LogP contribution < -0.4 is 15.0 Å². The predicted octanol–water partition coefficient (Wildman–Crippen LogP) is 2.66. The molecule has 5 heteroatoms. The molecule has 1 amide bonds. The number of carbonyl (C=O) groups is 1. The monoisotopic (exact) mass is 313 g/mol. The summed E-state index contributed by atoms with van der Waals surface area (Å²) in [6.45, 7) is 5.55. The SMILES string of the molecule is COc1cccc2c(N3CCC(NC(C)=O)CC3)c(C)cnc12. The fourth-order valence-corrected chi connectivity index (χ4v) is 3.40. The smallest absolute Gasteiger partial charge is 0.217 e. The first-order valence-corrected chi connectivity index (χ1v) is 8.04. The van der Waals surface area contributed by atoms with E-state index in [4.69, 9.17) is 4.74 Å². The van der Waals surface area contributed by atoms with Gasteiger partial charge in [0.15, 0.2) is 0 Å². The Morgan fingerprint density at radius 1 is 1.35 bits per heavy atom. The summed E-state index contributed by atoms with van der Waals surface area (Å²) in [5, 5.41) is 4.15. The second-order valence-corrected chi connectivity index (χ2v) is 6.11. The number of carbonyl (C=O) groups excluding carboxylic acids is 1. The highest BCUT2D eigenvalue weighted by molar-refractivity contribution is 5.96. The van der Waals surface area contributed by atoms with Gasteiger partial charge in [-0.3, -0.25) is 9.78 Å². The number of nitrogens with one attached hydrogen (secondary N) is 1. The number of aromatic nitrogens is 1. The molecule has 0 atom stereocenters. The average molecular weight is 313 g/mol. The summed E-state index contributed by atoms with van der Waals surface area (Å²) < 4.78 is 5.44. The van der Waals surface area contributed by atoms with E-state index in [9.17, 15) is 4.79 Å². The van der Waals surface area contributed by atoms with Crippen LogP contribution in [0.25, 0.3) is 10.9 Å². The van der Waals surface area contributed by atoms with Crippen molar-refractivity contribution in [1.82, 2.24) is 10.3 Å². The van der Waals surface area contributed by atoms with Crippen molar-refractivity contribution in [3.8, 4) is 5.75 Å². The molecule has 0 spiro atoms. The zero-order chi connectivity index (χ0) is 16.4. The van der Waals surface area contributed by atoms with Gasteiger partial charge in [-0.25, -0.2) is 0 Å². The Morgan fingerprint density at radius 2 is 2.09 bits per heavy atom. The van der Waals surface area contributed by atoms with E-state index in [0.29, 0.717) is 0 Å². The van der Waals surface area contributed by atoms with E-state index in [1.807, 2.05) is 18.3 Å². The molecule has 1 aliphatic rings. The number of pyridine rings is 1. The van der Waals surface area contributed by atoms with Crippen molar-refractivity contribution >= 4 is 22.5 Å². The number of hydrogen-bond acceptors (Lipinski definition) is 4. The summed E-state index contributed by atoms with van der Waals surface area (Å²) in [6.07, 6.45) is 3.85. The van der Waals surface area contributed by atoms with Crippen LogP contribution in [0.1, 0.15) is 25.3 Å². The quantitative estimate of drug-likeness (QED) is 0.946. The van der Waals surface area contributed by atoms with E-state index in [0.717, 1.165) is 42.6 Å². The maximum absolute atomic E-state index is 11.2. The molecule has 2 aromatic rings. The molecule has 1 aliphatic heterocycles. The number of ether oxygens (including phenoxy) is 1. The topological polar surface area (TPSA) is 54.5 Å². The molecule has 1 saturated heterocycles. The van der Waals surface area contributed by atoms with Gasteiger partial charge in [-0.1, -0.05) is 12.1 Å². The van der Waals surface area contributed by atoms with E-state index >= 15 is 0 Å². The molecule has 1 aromatic carbocycles. The number of hydrogen-bond donors (Lipinski definition) is 1. The summed E-state index contributed by atoms with van der Waals surface area (Å²) in [4.78, 5) is 18.2. The van der Waals surface area contributed by atoms with Crippen molar-refractivity contribution in [2.45, 2.75) is 32.7 Å². The Kier molecular flexibility index (Phi) is 4.37. The molecule has 1 aromatic heterocycles. The summed E-state index contributed by atoms with van der Waals surface area (Å²) in [5.41, 5.74) is 3.30. The molecule has 0 radical (unpaired) electrons. The first-order valence-electron chi connectivity index (χ1n) is 8.04. The molecule has 23 heavy (non-hydrogen) atoms. The lowest BCUT2D eigenvalue weighted by atomic mass is 10.0. The molecule has 0 aliphatic carbocycles. The number of anilines is 1. The Bertz CT molecular complexity index is 722. The van der Waals surface area contributed by atoms with Gasteiger partial charge in [0.05, 0.1) is 12.8 Å². The molecule has 2 heterocycles. The van der Waals surface area contributed by atoms with Gasteiger partial charge in [-0.2, -0.15) is 0 Å². The Balaban J connectivity index is 1.91. The van der Waals surface area contributed by atoms with Crippen molar-refractivity contribution in [2.75, 3.05) is 25.1 Å². The maximum Gasteiger partial charge on any atom is 0.217 e. The van der Waals surface area contributed by atoms with Gasteiger partial charge in [0.2, 0.25) is 5.91 Å². The number of para-hydroxylation sites is 1. The van der Waals surface area contributed by atoms with E-state index in [2.05, 4.69) is 28.2 Å². The molecule has 0 unspecified atom stereocenters. The number of methoxy groups -OCH3 is 1. The lowest BCUT2D eigenvalue weighted by Crippen LogP contribution is -2.44. The fourth-order valence-electron chi connectivity index (χ4n) is 3.40. The van der Waals surface area contributed by atoms with Crippen LogP contribution in [0.4, 0.5) is 5.69 Å². The molecular weight excluding hydrogens is 290 g/mol. The molecule has 0 bridgehead atoms. The number of rotatable bonds is 3. The van der Waals surface area contributed by atoms with Crippen molar-refractivity contribution in [2.24, 2.45) is 0 Å². The highest BCUT2D eigenvalue weighted by atomic mass is 16.5. The molecule has 122 valence electrons. The van der Waals surface area contributed by atoms with Gasteiger partial charge in [0, 0.05) is 37.6 Å². The fraction of sp³-hybridized carbons (Fsp3) is 0.444. The third kappa shape index (κ3) is 3.09. The predicted molar refractivity (Wildman–Crippen MR) is 92.1 cm³/mol. The number of nitrogens with zero attached hydrogens (tertiary/aromatic N) is 2. The van der Waals surface area contributed by atoms with Crippen LogP contribution in [0.5, 0.6) is 5.75 Å². The maximum atomic E-state index is 11.2. The largest absolute Gasteiger partial charge is 0.494 e. The van der Waals surface area contributed by atoms with Crippen molar-refractivity contribution < 1.29 is 9.53 Å². The van der Waals surface area contributed by atoms with Crippen LogP contribution in [-0.2, 0) is 4.79 Å². The Hall–Kier alpha value is -2.30. The zero-order valence-corrected chi connectivity index (χ0v) is 13.9. The van der Waals surface area contributed by atoms with Crippen LogP contribution in [0.2, 0.25) is 0 Å². The minimum atomic E-state index is 0.0544. The third-order valence-electron chi connectivity index (χ3n) is 4.45. The number of piperidine rings is 1. The van der Waals surface area contributed by atoms with Crippen LogP contribution in [0.15, 0.2) is 24.4 Å². The van der Waals surface area contributed by atoms with E-state index in [1.165, 1.54) is 11.3 Å². The number of amides is 1. The van der Waals surface area contributed by atoms with E-state index in [-0.39, 0.29) is 11.9 Å². The van der Waals surface area contributed by atoms with Gasteiger partial charge < -0.3 is 15.0 Å². The van der Waals surface area contributed by atoms with Gasteiger partial charge in [0.1, 0.15) is 11.3 Å².